The van der Waals surface area contributed by atoms with E-state index in [9.17, 15) is 27.9 Å². The number of fused-ring (bicyclic) bond motifs is 5. The lowest BCUT2D eigenvalue weighted by molar-refractivity contribution is -0.446. The Morgan fingerprint density at radius 1 is 1.33 bits per heavy atom. The van der Waals surface area contributed by atoms with Gasteiger partial charge in [-0.05, 0) is 0 Å². The van der Waals surface area contributed by atoms with Crippen molar-refractivity contribution in [1.82, 2.24) is 4.90 Å². The van der Waals surface area contributed by atoms with Crippen molar-refractivity contribution in [1.29, 1.82) is 0 Å². The molecular weight excluding hydrogens is 299 g/mol. The number of Topliss-reactive ketones (excluding diaryl/α,β-unsaturated/α-hetero) is 1. The summed E-state index contributed by atoms with van der Waals surface area (Å²) in [6.45, 7) is 0. The first kappa shape index (κ1) is 14.5. The van der Waals surface area contributed by atoms with Crippen LogP contribution in [0.5, 0.6) is 0 Å². The zero-order valence-electron chi connectivity index (χ0n) is 10.8. The van der Waals surface area contributed by atoms with Gasteiger partial charge in [0, 0.05) is 12.8 Å². The maximum Gasteiger partial charge on any atom is 0.473 e. The van der Waals surface area contributed by atoms with E-state index in [2.05, 4.69) is 14.2 Å². The van der Waals surface area contributed by atoms with Crippen LogP contribution in [-0.4, -0.2) is 65.4 Å². The molecule has 0 aromatic carbocycles. The molecule has 1 amide bonds. The van der Waals surface area contributed by atoms with E-state index in [0.29, 0.717) is 0 Å². The predicted molar refractivity (Wildman–Crippen MR) is 56.8 cm³/mol. The normalized spacial score (nSPS) is 42.1. The first-order chi connectivity index (χ1) is 9.68. The number of halogens is 3. The summed E-state index contributed by atoms with van der Waals surface area (Å²) in [7, 11) is 1.13. The summed E-state index contributed by atoms with van der Waals surface area (Å²) in [5.41, 5.74) is 0. The molecule has 0 radical (unpaired) electrons. The van der Waals surface area contributed by atoms with E-state index in [1.165, 1.54) is 0 Å². The first-order valence-electron chi connectivity index (χ1n) is 6.20. The first-order valence-corrected chi connectivity index (χ1v) is 6.20. The number of amides is 1. The third-order valence-electron chi connectivity index (χ3n) is 4.01. The van der Waals surface area contributed by atoms with Crippen molar-refractivity contribution >= 4 is 11.9 Å². The van der Waals surface area contributed by atoms with Gasteiger partial charge in [-0.2, -0.15) is 13.2 Å². The minimum atomic E-state index is -5.13. The van der Waals surface area contributed by atoms with Crippen LogP contribution in [0, 0.1) is 0 Å². The number of ketones is 1. The molecule has 0 spiro atoms. The Morgan fingerprint density at radius 2 is 1.81 bits per heavy atom. The van der Waals surface area contributed by atoms with Gasteiger partial charge < -0.3 is 19.3 Å². The number of alkyl halides is 3. The molecule has 5 atom stereocenters. The monoisotopic (exact) mass is 311 g/mol. The Hall–Kier alpha value is -1.39. The second-order valence-electron chi connectivity index (χ2n) is 5.20. The molecule has 0 aliphatic carbocycles. The lowest BCUT2D eigenvalue weighted by Crippen LogP contribution is -2.54. The number of piperidine rings is 1. The van der Waals surface area contributed by atoms with Gasteiger partial charge in [0.2, 0.25) is 0 Å². The molecule has 3 heterocycles. The van der Waals surface area contributed by atoms with Crippen LogP contribution in [0.15, 0.2) is 0 Å². The van der Waals surface area contributed by atoms with Crippen LogP contribution in [-0.2, 0) is 19.0 Å². The van der Waals surface area contributed by atoms with Gasteiger partial charge in [-0.25, -0.2) is 4.79 Å². The van der Waals surface area contributed by atoms with Gasteiger partial charge in [0.25, 0.3) is 0 Å². The zero-order chi connectivity index (χ0) is 15.6. The van der Waals surface area contributed by atoms with Crippen LogP contribution in [0.1, 0.15) is 12.8 Å². The predicted octanol–water partition coefficient (Wildman–Crippen LogP) is 0.161. The number of aliphatic hydroxyl groups is 1. The Balaban J connectivity index is 1.91. The van der Waals surface area contributed by atoms with Crippen molar-refractivity contribution in [3.05, 3.63) is 0 Å². The molecule has 3 rings (SSSR count). The van der Waals surface area contributed by atoms with Crippen molar-refractivity contribution in [3.63, 3.8) is 0 Å². The standard InChI is InChI=1S/C11H12F3NO6/c1-19-9(17)15-5-2-4(16)3-6(15)8-7(5)20-11(18,21-8)10(12,13)14/h5-8,18H,2-3H2,1H3/t5-,6+,7-,8+,11?. The van der Waals surface area contributed by atoms with Crippen molar-refractivity contribution in [2.24, 2.45) is 0 Å². The lowest BCUT2D eigenvalue weighted by Gasteiger charge is -2.36. The highest BCUT2D eigenvalue weighted by molar-refractivity contribution is 5.84. The highest BCUT2D eigenvalue weighted by atomic mass is 19.4. The number of carbonyl (C=O) groups is 2. The number of methoxy groups -OCH3 is 1. The highest BCUT2D eigenvalue weighted by Gasteiger charge is 2.71. The smallest absolute Gasteiger partial charge is 0.453 e. The van der Waals surface area contributed by atoms with Crippen molar-refractivity contribution in [2.75, 3.05) is 7.11 Å². The lowest BCUT2D eigenvalue weighted by atomic mass is 10.0. The summed E-state index contributed by atoms with van der Waals surface area (Å²) in [6, 6.07) is -1.88. The zero-order valence-corrected chi connectivity index (χ0v) is 10.8. The van der Waals surface area contributed by atoms with Crippen molar-refractivity contribution < 1.29 is 42.1 Å². The summed E-state index contributed by atoms with van der Waals surface area (Å²) < 4.78 is 52.1. The van der Waals surface area contributed by atoms with E-state index in [0.717, 1.165) is 12.0 Å². The molecular formula is C11H12F3NO6. The maximum atomic E-state index is 12.8. The van der Waals surface area contributed by atoms with Crippen LogP contribution in [0.25, 0.3) is 0 Å². The second-order valence-corrected chi connectivity index (χ2v) is 5.20. The van der Waals surface area contributed by atoms with Crippen LogP contribution >= 0.6 is 0 Å². The molecule has 0 saturated carbocycles. The van der Waals surface area contributed by atoms with E-state index >= 15 is 0 Å². The molecule has 7 nitrogen and oxygen atoms in total. The third kappa shape index (κ3) is 1.93. The second kappa shape index (κ2) is 4.31. The van der Waals surface area contributed by atoms with Gasteiger partial charge in [-0.1, -0.05) is 0 Å². The van der Waals surface area contributed by atoms with E-state index in [-0.39, 0.29) is 18.6 Å². The fraction of sp³-hybridized carbons (Fsp3) is 0.818. The largest absolute Gasteiger partial charge is 0.473 e. The molecule has 3 fully saturated rings. The molecule has 10 heteroatoms. The van der Waals surface area contributed by atoms with E-state index < -0.39 is 42.5 Å². The number of hydrogen-bond acceptors (Lipinski definition) is 6. The Bertz CT molecular complexity index is 471. The Morgan fingerprint density at radius 3 is 2.19 bits per heavy atom. The highest BCUT2D eigenvalue weighted by Crippen LogP contribution is 2.49. The van der Waals surface area contributed by atoms with Crippen LogP contribution in [0.4, 0.5) is 18.0 Å². The Labute approximate surface area is 116 Å². The number of nitrogens with zero attached hydrogens (tertiary/aromatic N) is 1. The number of carbonyl (C=O) groups excluding carboxylic acids is 2. The third-order valence-corrected chi connectivity index (χ3v) is 4.01. The minimum absolute atomic E-state index is 0.163. The van der Waals surface area contributed by atoms with Crippen molar-refractivity contribution in [3.8, 4) is 0 Å². The summed E-state index contributed by atoms with van der Waals surface area (Å²) in [4.78, 5) is 24.5. The Kier molecular flexibility index (Phi) is 2.98. The molecule has 2 bridgehead atoms. The molecule has 1 unspecified atom stereocenters. The van der Waals surface area contributed by atoms with Gasteiger partial charge >= 0.3 is 18.2 Å². The molecule has 0 aromatic heterocycles. The van der Waals surface area contributed by atoms with Gasteiger partial charge in [0.05, 0.1) is 19.2 Å². The molecule has 3 aliphatic heterocycles. The van der Waals surface area contributed by atoms with Crippen LogP contribution in [0.2, 0.25) is 0 Å². The molecule has 0 aromatic rings. The molecule has 3 aliphatic rings. The van der Waals surface area contributed by atoms with Gasteiger partial charge in [0.15, 0.2) is 0 Å². The maximum absolute atomic E-state index is 12.8. The number of ether oxygens (including phenoxy) is 3. The van der Waals surface area contributed by atoms with Crippen LogP contribution < -0.4 is 0 Å². The minimum Gasteiger partial charge on any atom is -0.453 e. The van der Waals surface area contributed by atoms with Crippen LogP contribution in [0.3, 0.4) is 0 Å². The number of hydrogen-bond donors (Lipinski definition) is 1. The fourth-order valence-electron chi connectivity index (χ4n) is 3.18. The molecule has 21 heavy (non-hydrogen) atoms. The summed E-state index contributed by atoms with van der Waals surface area (Å²) in [6.07, 6.45) is -8.69. The SMILES string of the molecule is COC(=O)N1[C@@H]2CC(=O)C[C@H]1[C@@H]1OC(O)(C(F)(F)F)O[C@@H]12. The van der Waals surface area contributed by atoms with Gasteiger partial charge in [-0.3, -0.25) is 9.69 Å². The topological polar surface area (TPSA) is 85.3 Å². The van der Waals surface area contributed by atoms with E-state index in [1.807, 2.05) is 0 Å². The van der Waals surface area contributed by atoms with E-state index in [1.54, 1.807) is 0 Å². The average Bonchev–Trinajstić information content (AvgIpc) is 2.82. The quantitative estimate of drug-likeness (QED) is 0.686. The summed E-state index contributed by atoms with van der Waals surface area (Å²) in [5.74, 6) is -3.91. The fourth-order valence-corrected chi connectivity index (χ4v) is 3.18. The summed E-state index contributed by atoms with van der Waals surface area (Å²) in [5, 5.41) is 9.45. The van der Waals surface area contributed by atoms with E-state index in [4.69, 9.17) is 0 Å². The van der Waals surface area contributed by atoms with Gasteiger partial charge in [0.1, 0.15) is 18.0 Å². The number of rotatable bonds is 0. The van der Waals surface area contributed by atoms with Gasteiger partial charge in [-0.15, -0.1) is 0 Å². The van der Waals surface area contributed by atoms with Crippen molar-refractivity contribution in [2.45, 2.75) is 49.3 Å². The average molecular weight is 311 g/mol. The summed E-state index contributed by atoms with van der Waals surface area (Å²) >= 11 is 0. The molecule has 1 N–H and O–H groups in total. The molecule has 3 saturated heterocycles. The molecule has 118 valence electrons.